The van der Waals surface area contributed by atoms with Crippen LogP contribution in [0.5, 0.6) is 0 Å². The number of carbonyl (C=O) groups excluding carboxylic acids is 1. The van der Waals surface area contributed by atoms with Gasteiger partial charge in [-0.25, -0.2) is 0 Å². The summed E-state index contributed by atoms with van der Waals surface area (Å²) in [6.45, 7) is 1.47. The standard InChI is InChI=1S/C16H18BrN3O2/c1-22-8-4-7-19-13-9-12(10-18-11-13)16(21)20-15-6-3-2-5-14(15)17/h2-3,5-6,9-11,19H,4,7-8H2,1H3,(H,20,21). The minimum Gasteiger partial charge on any atom is -0.385 e. The molecule has 0 atom stereocenters. The van der Waals surface area contributed by atoms with Crippen molar-refractivity contribution in [1.82, 2.24) is 4.98 Å². The van der Waals surface area contributed by atoms with Crippen LogP contribution in [0.3, 0.4) is 0 Å². The highest BCUT2D eigenvalue weighted by atomic mass is 79.9. The number of nitrogens with one attached hydrogen (secondary N) is 2. The summed E-state index contributed by atoms with van der Waals surface area (Å²) >= 11 is 3.41. The molecule has 1 heterocycles. The number of para-hydroxylation sites is 1. The number of ether oxygens (including phenoxy) is 1. The van der Waals surface area contributed by atoms with Crippen molar-refractivity contribution in [2.24, 2.45) is 0 Å². The van der Waals surface area contributed by atoms with Gasteiger partial charge in [0.05, 0.1) is 16.9 Å². The second-order valence-corrected chi connectivity index (χ2v) is 5.52. The van der Waals surface area contributed by atoms with Crippen molar-refractivity contribution < 1.29 is 9.53 Å². The molecule has 116 valence electrons. The Hall–Kier alpha value is -1.92. The van der Waals surface area contributed by atoms with E-state index in [9.17, 15) is 4.79 Å². The van der Waals surface area contributed by atoms with E-state index >= 15 is 0 Å². The second kappa shape index (κ2) is 8.51. The van der Waals surface area contributed by atoms with E-state index in [-0.39, 0.29) is 5.91 Å². The third-order valence-corrected chi connectivity index (χ3v) is 3.67. The van der Waals surface area contributed by atoms with E-state index < -0.39 is 0 Å². The fourth-order valence-electron chi connectivity index (χ4n) is 1.87. The first-order valence-corrected chi connectivity index (χ1v) is 7.74. The number of halogens is 1. The average Bonchev–Trinajstić information content (AvgIpc) is 2.54. The lowest BCUT2D eigenvalue weighted by atomic mass is 10.2. The maximum atomic E-state index is 12.3. The Morgan fingerprint density at radius 3 is 2.91 bits per heavy atom. The lowest BCUT2D eigenvalue weighted by molar-refractivity contribution is 0.102. The zero-order valence-electron chi connectivity index (χ0n) is 12.3. The molecule has 0 aliphatic heterocycles. The predicted molar refractivity (Wildman–Crippen MR) is 91.3 cm³/mol. The molecule has 1 aromatic heterocycles. The number of nitrogens with zero attached hydrogens (tertiary/aromatic N) is 1. The first-order valence-electron chi connectivity index (χ1n) is 6.94. The minimum atomic E-state index is -0.194. The van der Waals surface area contributed by atoms with Gasteiger partial charge in [-0.05, 0) is 40.5 Å². The molecule has 0 saturated carbocycles. The van der Waals surface area contributed by atoms with Gasteiger partial charge in [-0.3, -0.25) is 9.78 Å². The van der Waals surface area contributed by atoms with E-state index in [0.717, 1.165) is 28.8 Å². The van der Waals surface area contributed by atoms with E-state index in [0.29, 0.717) is 12.2 Å². The van der Waals surface area contributed by atoms with Gasteiger partial charge in [-0.1, -0.05) is 12.1 Å². The summed E-state index contributed by atoms with van der Waals surface area (Å²) in [5.74, 6) is -0.194. The molecule has 0 fully saturated rings. The predicted octanol–water partition coefficient (Wildman–Crippen LogP) is 3.54. The Labute approximate surface area is 138 Å². The summed E-state index contributed by atoms with van der Waals surface area (Å²) < 4.78 is 5.83. The van der Waals surface area contributed by atoms with Gasteiger partial charge in [-0.2, -0.15) is 0 Å². The van der Waals surface area contributed by atoms with Crippen LogP contribution in [0.15, 0.2) is 47.2 Å². The Bertz CT molecular complexity index is 634. The van der Waals surface area contributed by atoms with Gasteiger partial charge < -0.3 is 15.4 Å². The average molecular weight is 364 g/mol. The van der Waals surface area contributed by atoms with Crippen molar-refractivity contribution in [3.8, 4) is 0 Å². The van der Waals surface area contributed by atoms with E-state index in [1.54, 1.807) is 25.6 Å². The van der Waals surface area contributed by atoms with Gasteiger partial charge in [0.1, 0.15) is 0 Å². The summed E-state index contributed by atoms with van der Waals surface area (Å²) in [4.78, 5) is 16.4. The van der Waals surface area contributed by atoms with Gasteiger partial charge in [-0.15, -0.1) is 0 Å². The number of pyridine rings is 1. The number of rotatable bonds is 7. The number of benzene rings is 1. The molecule has 2 N–H and O–H groups in total. The van der Waals surface area contributed by atoms with Crippen molar-refractivity contribution in [3.05, 3.63) is 52.8 Å². The Morgan fingerprint density at radius 2 is 2.14 bits per heavy atom. The van der Waals surface area contributed by atoms with Crippen LogP contribution in [0.1, 0.15) is 16.8 Å². The quantitative estimate of drug-likeness (QED) is 0.738. The summed E-state index contributed by atoms with van der Waals surface area (Å²) in [5.41, 5.74) is 2.05. The van der Waals surface area contributed by atoms with E-state index in [4.69, 9.17) is 4.74 Å². The molecule has 0 bridgehead atoms. The normalized spacial score (nSPS) is 10.3. The monoisotopic (exact) mass is 363 g/mol. The summed E-state index contributed by atoms with van der Waals surface area (Å²) in [5, 5.41) is 6.07. The molecule has 0 saturated heterocycles. The number of hydrogen-bond acceptors (Lipinski definition) is 4. The zero-order valence-corrected chi connectivity index (χ0v) is 13.9. The Balaban J connectivity index is 1.99. The molecule has 22 heavy (non-hydrogen) atoms. The van der Waals surface area contributed by atoms with Gasteiger partial charge in [0.25, 0.3) is 5.91 Å². The summed E-state index contributed by atoms with van der Waals surface area (Å²) in [7, 11) is 1.67. The number of carbonyl (C=O) groups is 1. The molecule has 5 nitrogen and oxygen atoms in total. The molecule has 2 rings (SSSR count). The van der Waals surface area contributed by atoms with Crippen molar-refractivity contribution in [2.75, 3.05) is 30.9 Å². The van der Waals surface area contributed by atoms with E-state index in [1.165, 1.54) is 0 Å². The fourth-order valence-corrected chi connectivity index (χ4v) is 2.25. The van der Waals surface area contributed by atoms with Crippen LogP contribution < -0.4 is 10.6 Å². The number of hydrogen-bond donors (Lipinski definition) is 2. The number of methoxy groups -OCH3 is 1. The molecule has 0 spiro atoms. The number of amides is 1. The van der Waals surface area contributed by atoms with Gasteiger partial charge in [0.15, 0.2) is 0 Å². The van der Waals surface area contributed by atoms with Gasteiger partial charge in [0, 0.05) is 37.1 Å². The van der Waals surface area contributed by atoms with Crippen LogP contribution >= 0.6 is 15.9 Å². The number of anilines is 2. The largest absolute Gasteiger partial charge is 0.385 e. The highest BCUT2D eigenvalue weighted by Gasteiger charge is 2.09. The molecule has 0 aliphatic carbocycles. The molecule has 1 amide bonds. The Morgan fingerprint density at radius 1 is 1.32 bits per heavy atom. The SMILES string of the molecule is COCCCNc1cncc(C(=O)Nc2ccccc2Br)c1. The third-order valence-electron chi connectivity index (χ3n) is 2.98. The minimum absolute atomic E-state index is 0.194. The van der Waals surface area contributed by atoms with Crippen LogP contribution in [0.25, 0.3) is 0 Å². The highest BCUT2D eigenvalue weighted by Crippen LogP contribution is 2.22. The van der Waals surface area contributed by atoms with Crippen LogP contribution in [0, 0.1) is 0 Å². The maximum Gasteiger partial charge on any atom is 0.257 e. The molecule has 1 aromatic carbocycles. The molecule has 0 radical (unpaired) electrons. The lowest BCUT2D eigenvalue weighted by Crippen LogP contribution is -2.13. The molecule has 0 unspecified atom stereocenters. The molecular weight excluding hydrogens is 346 g/mol. The lowest BCUT2D eigenvalue weighted by Gasteiger charge is -2.09. The zero-order chi connectivity index (χ0) is 15.8. The van der Waals surface area contributed by atoms with Crippen LogP contribution in [0.4, 0.5) is 11.4 Å². The van der Waals surface area contributed by atoms with Crippen LogP contribution in [-0.4, -0.2) is 31.2 Å². The fraction of sp³-hybridized carbons (Fsp3) is 0.250. The molecule has 6 heteroatoms. The van der Waals surface area contributed by atoms with Gasteiger partial charge >= 0.3 is 0 Å². The maximum absolute atomic E-state index is 12.3. The van der Waals surface area contributed by atoms with Crippen molar-refractivity contribution >= 4 is 33.2 Å². The second-order valence-electron chi connectivity index (χ2n) is 4.67. The topological polar surface area (TPSA) is 63.2 Å². The third kappa shape index (κ3) is 4.82. The van der Waals surface area contributed by atoms with Crippen molar-refractivity contribution in [3.63, 3.8) is 0 Å². The summed E-state index contributed by atoms with van der Waals surface area (Å²) in [6.07, 6.45) is 4.14. The van der Waals surface area contributed by atoms with E-state index in [2.05, 4.69) is 31.5 Å². The van der Waals surface area contributed by atoms with Crippen molar-refractivity contribution in [2.45, 2.75) is 6.42 Å². The highest BCUT2D eigenvalue weighted by molar-refractivity contribution is 9.10. The van der Waals surface area contributed by atoms with Crippen molar-refractivity contribution in [1.29, 1.82) is 0 Å². The Kier molecular flexibility index (Phi) is 6.36. The van der Waals surface area contributed by atoms with Gasteiger partial charge in [0.2, 0.25) is 0 Å². The molecule has 2 aromatic rings. The van der Waals surface area contributed by atoms with Crippen LogP contribution in [0.2, 0.25) is 0 Å². The first-order chi connectivity index (χ1) is 10.7. The van der Waals surface area contributed by atoms with E-state index in [1.807, 2.05) is 24.3 Å². The first kappa shape index (κ1) is 16.5. The molecule has 0 aliphatic rings. The number of aromatic nitrogens is 1. The smallest absolute Gasteiger partial charge is 0.257 e. The van der Waals surface area contributed by atoms with Crippen LogP contribution in [-0.2, 0) is 4.74 Å². The molecular formula is C16H18BrN3O2. The summed E-state index contributed by atoms with van der Waals surface area (Å²) in [6, 6.07) is 9.26.